The first-order chi connectivity index (χ1) is 14.3. The van der Waals surface area contributed by atoms with Crippen molar-refractivity contribution in [1.82, 2.24) is 0 Å². The lowest BCUT2D eigenvalue weighted by Crippen LogP contribution is -2.41. The van der Waals surface area contributed by atoms with E-state index in [0.29, 0.717) is 11.7 Å². The Morgan fingerprint density at radius 1 is 1.10 bits per heavy atom. The molecule has 30 heavy (non-hydrogen) atoms. The van der Waals surface area contributed by atoms with E-state index in [0.717, 1.165) is 57.8 Å². The van der Waals surface area contributed by atoms with Crippen molar-refractivity contribution in [3.05, 3.63) is 29.8 Å². The molecule has 1 fully saturated rings. The highest BCUT2D eigenvalue weighted by atomic mass is 16.6. The van der Waals surface area contributed by atoms with Crippen molar-refractivity contribution in [2.24, 2.45) is 11.3 Å². The first kappa shape index (κ1) is 24.8. The van der Waals surface area contributed by atoms with Crippen LogP contribution in [0.25, 0.3) is 0 Å². The Morgan fingerprint density at radius 2 is 1.73 bits per heavy atom. The van der Waals surface area contributed by atoms with Crippen molar-refractivity contribution >= 4 is 5.97 Å². The Morgan fingerprint density at radius 3 is 2.27 bits per heavy atom. The third-order valence-electron chi connectivity index (χ3n) is 7.71. The number of unbranched alkanes of at least 4 members (excludes halogenated alkanes) is 1. The maximum atomic E-state index is 13.3. The van der Waals surface area contributed by atoms with Crippen LogP contribution in [0, 0.1) is 11.3 Å². The normalized spacial score (nSPS) is 18.9. The fraction of sp³-hybridized carbons (Fsp3) is 0.741. The summed E-state index contributed by atoms with van der Waals surface area (Å²) in [6.07, 6.45) is 11.8. The van der Waals surface area contributed by atoms with Gasteiger partial charge in [-0.15, -0.1) is 0 Å². The minimum atomic E-state index is -0.413. The molecule has 170 valence electrons. The van der Waals surface area contributed by atoms with Gasteiger partial charge in [0.1, 0.15) is 11.4 Å². The minimum absolute atomic E-state index is 0.0184. The SMILES string of the molecule is CCCC(CCCCC(C)(C(=O)OC1(CC)CCCC1)C(C)C)c1ccc(O)cc1. The number of ether oxygens (including phenoxy) is 1. The van der Waals surface area contributed by atoms with E-state index in [-0.39, 0.29) is 17.5 Å². The molecule has 0 spiro atoms. The van der Waals surface area contributed by atoms with Crippen LogP contribution in [0.5, 0.6) is 5.75 Å². The van der Waals surface area contributed by atoms with E-state index < -0.39 is 5.41 Å². The summed E-state index contributed by atoms with van der Waals surface area (Å²) in [6, 6.07) is 7.68. The summed E-state index contributed by atoms with van der Waals surface area (Å²) in [5, 5.41) is 9.57. The minimum Gasteiger partial charge on any atom is -0.508 e. The number of phenols is 1. The highest BCUT2D eigenvalue weighted by Crippen LogP contribution is 2.41. The first-order valence-electron chi connectivity index (χ1n) is 12.3. The molecular formula is C27H44O3. The number of hydrogen-bond acceptors (Lipinski definition) is 3. The molecule has 0 bridgehead atoms. The number of phenolic OH excluding ortho intramolecular Hbond substituents is 1. The summed E-state index contributed by atoms with van der Waals surface area (Å²) in [6.45, 7) is 10.8. The van der Waals surface area contributed by atoms with Gasteiger partial charge < -0.3 is 9.84 Å². The maximum Gasteiger partial charge on any atom is 0.312 e. The van der Waals surface area contributed by atoms with Crippen molar-refractivity contribution in [3.8, 4) is 5.75 Å². The molecule has 3 heteroatoms. The molecular weight excluding hydrogens is 372 g/mol. The van der Waals surface area contributed by atoms with Crippen LogP contribution in [0.3, 0.4) is 0 Å². The number of benzene rings is 1. The number of aromatic hydroxyl groups is 1. The van der Waals surface area contributed by atoms with E-state index in [2.05, 4.69) is 46.8 Å². The molecule has 2 rings (SSSR count). The molecule has 0 saturated heterocycles. The smallest absolute Gasteiger partial charge is 0.312 e. The van der Waals surface area contributed by atoms with Crippen LogP contribution in [0.4, 0.5) is 0 Å². The van der Waals surface area contributed by atoms with Crippen molar-refractivity contribution in [2.45, 2.75) is 117 Å². The molecule has 0 aromatic heterocycles. The second kappa shape index (κ2) is 11.2. The lowest BCUT2D eigenvalue weighted by molar-refractivity contribution is -0.175. The number of esters is 1. The van der Waals surface area contributed by atoms with Crippen LogP contribution in [0.15, 0.2) is 24.3 Å². The molecule has 1 aromatic carbocycles. The summed E-state index contributed by atoms with van der Waals surface area (Å²) >= 11 is 0. The number of carbonyl (C=O) groups is 1. The topological polar surface area (TPSA) is 46.5 Å². The predicted molar refractivity (Wildman–Crippen MR) is 125 cm³/mol. The lowest BCUT2D eigenvalue weighted by atomic mass is 9.74. The Labute approximate surface area is 184 Å². The first-order valence-corrected chi connectivity index (χ1v) is 12.3. The van der Waals surface area contributed by atoms with E-state index >= 15 is 0 Å². The molecule has 2 atom stereocenters. The zero-order valence-electron chi connectivity index (χ0n) is 20.0. The van der Waals surface area contributed by atoms with E-state index in [1.807, 2.05) is 0 Å². The maximum absolute atomic E-state index is 13.3. The molecule has 0 aliphatic heterocycles. The van der Waals surface area contributed by atoms with Gasteiger partial charge in [0.15, 0.2) is 0 Å². The molecule has 1 saturated carbocycles. The van der Waals surface area contributed by atoms with Gasteiger partial charge in [-0.1, -0.05) is 59.1 Å². The Balaban J connectivity index is 1.94. The van der Waals surface area contributed by atoms with Crippen molar-refractivity contribution in [1.29, 1.82) is 0 Å². The van der Waals surface area contributed by atoms with E-state index in [1.165, 1.54) is 18.4 Å². The van der Waals surface area contributed by atoms with Gasteiger partial charge in [-0.3, -0.25) is 4.79 Å². The Hall–Kier alpha value is -1.51. The zero-order chi connectivity index (χ0) is 22.2. The highest BCUT2D eigenvalue weighted by molar-refractivity contribution is 5.77. The van der Waals surface area contributed by atoms with Gasteiger partial charge in [0.25, 0.3) is 0 Å². The van der Waals surface area contributed by atoms with Gasteiger partial charge in [0.05, 0.1) is 5.41 Å². The van der Waals surface area contributed by atoms with Gasteiger partial charge in [-0.25, -0.2) is 0 Å². The average molecular weight is 417 g/mol. The highest BCUT2D eigenvalue weighted by Gasteiger charge is 2.43. The fourth-order valence-corrected chi connectivity index (χ4v) is 4.94. The van der Waals surface area contributed by atoms with Gasteiger partial charge in [-0.2, -0.15) is 0 Å². The van der Waals surface area contributed by atoms with Crippen LogP contribution in [0.1, 0.15) is 117 Å². The summed E-state index contributed by atoms with van der Waals surface area (Å²) in [7, 11) is 0. The second-order valence-corrected chi connectivity index (χ2v) is 10.0. The molecule has 0 radical (unpaired) electrons. The summed E-state index contributed by atoms with van der Waals surface area (Å²) in [5.74, 6) is 1.13. The molecule has 1 aliphatic rings. The van der Waals surface area contributed by atoms with Gasteiger partial charge in [-0.05, 0) is 87.8 Å². The number of hydrogen-bond donors (Lipinski definition) is 1. The fourth-order valence-electron chi connectivity index (χ4n) is 4.94. The average Bonchev–Trinajstić information content (AvgIpc) is 3.19. The van der Waals surface area contributed by atoms with Crippen LogP contribution in [-0.2, 0) is 9.53 Å². The van der Waals surface area contributed by atoms with Crippen LogP contribution < -0.4 is 0 Å². The number of rotatable bonds is 12. The molecule has 3 nitrogen and oxygen atoms in total. The Kier molecular flexibility index (Phi) is 9.25. The van der Waals surface area contributed by atoms with E-state index in [9.17, 15) is 9.90 Å². The summed E-state index contributed by atoms with van der Waals surface area (Å²) in [5.41, 5.74) is 0.689. The van der Waals surface area contributed by atoms with Gasteiger partial charge in [0.2, 0.25) is 0 Å². The number of carbonyl (C=O) groups excluding carboxylic acids is 1. The predicted octanol–water partition coefficient (Wildman–Crippen LogP) is 7.76. The van der Waals surface area contributed by atoms with Gasteiger partial charge >= 0.3 is 5.97 Å². The van der Waals surface area contributed by atoms with Crippen LogP contribution in [-0.4, -0.2) is 16.7 Å². The summed E-state index contributed by atoms with van der Waals surface area (Å²) in [4.78, 5) is 13.3. The molecule has 1 N–H and O–H groups in total. The standard InChI is InChI=1S/C27H44O3/c1-6-12-22(23-14-16-24(28)17-15-23)13-8-9-18-26(5,21(3)4)25(29)30-27(7-2)19-10-11-20-27/h14-17,21-22,28H,6-13,18-20H2,1-5H3. The Bertz CT molecular complexity index is 643. The van der Waals surface area contributed by atoms with Crippen molar-refractivity contribution in [2.75, 3.05) is 0 Å². The lowest BCUT2D eigenvalue weighted by Gasteiger charge is -2.37. The van der Waals surface area contributed by atoms with Gasteiger partial charge in [0, 0.05) is 0 Å². The van der Waals surface area contributed by atoms with Crippen LogP contribution >= 0.6 is 0 Å². The monoisotopic (exact) mass is 416 g/mol. The third kappa shape index (κ3) is 6.25. The second-order valence-electron chi connectivity index (χ2n) is 10.0. The molecule has 0 amide bonds. The van der Waals surface area contributed by atoms with E-state index in [1.54, 1.807) is 12.1 Å². The summed E-state index contributed by atoms with van der Waals surface area (Å²) < 4.78 is 6.21. The van der Waals surface area contributed by atoms with Crippen LogP contribution in [0.2, 0.25) is 0 Å². The zero-order valence-corrected chi connectivity index (χ0v) is 20.0. The molecule has 0 heterocycles. The van der Waals surface area contributed by atoms with Crippen molar-refractivity contribution < 1.29 is 14.6 Å². The largest absolute Gasteiger partial charge is 0.508 e. The quantitative estimate of drug-likeness (QED) is 0.280. The van der Waals surface area contributed by atoms with E-state index in [4.69, 9.17) is 4.74 Å². The third-order valence-corrected chi connectivity index (χ3v) is 7.71. The van der Waals surface area contributed by atoms with Crippen molar-refractivity contribution in [3.63, 3.8) is 0 Å². The molecule has 2 unspecified atom stereocenters. The molecule has 1 aliphatic carbocycles. The molecule has 1 aromatic rings.